The first kappa shape index (κ1) is 8.85. The van der Waals surface area contributed by atoms with Crippen LogP contribution in [-0.2, 0) is 0 Å². The number of aromatic hydroxyl groups is 1. The quantitative estimate of drug-likeness (QED) is 0.763. The molecule has 2 rings (SSSR count). The van der Waals surface area contributed by atoms with Crippen LogP contribution < -0.4 is 5.73 Å². The number of phenols is 1. The molecule has 1 aliphatic carbocycles. The average Bonchev–Trinajstić information content (AvgIpc) is 2.89. The first-order chi connectivity index (χ1) is 6.24. The van der Waals surface area contributed by atoms with E-state index in [0.717, 1.165) is 12.0 Å². The topological polar surface area (TPSA) is 46.2 Å². The molecule has 2 atom stereocenters. The summed E-state index contributed by atoms with van der Waals surface area (Å²) in [6, 6.07) is 5.48. The molecule has 0 amide bonds. The average molecular weight is 198 g/mol. The van der Waals surface area contributed by atoms with Crippen molar-refractivity contribution in [3.05, 3.63) is 28.8 Å². The SMILES string of the molecule is NCC1CC1c1cccc(Cl)c1O. The number of phenolic OH excluding ortho intramolecular Hbond substituents is 1. The standard InChI is InChI=1S/C10H12ClNO/c11-9-3-1-2-7(10(9)13)8-4-6(8)5-12/h1-3,6,8,13H,4-5,12H2. The zero-order valence-corrected chi connectivity index (χ0v) is 7.96. The first-order valence-electron chi connectivity index (χ1n) is 4.41. The van der Waals surface area contributed by atoms with Crippen LogP contribution in [0.4, 0.5) is 0 Å². The van der Waals surface area contributed by atoms with E-state index >= 15 is 0 Å². The van der Waals surface area contributed by atoms with Gasteiger partial charge in [-0.3, -0.25) is 0 Å². The lowest BCUT2D eigenvalue weighted by Crippen LogP contribution is -2.01. The Labute approximate surface area is 82.3 Å². The van der Waals surface area contributed by atoms with Crippen LogP contribution in [0.1, 0.15) is 17.9 Å². The third-order valence-electron chi connectivity index (χ3n) is 2.64. The summed E-state index contributed by atoms with van der Waals surface area (Å²) in [4.78, 5) is 0. The lowest BCUT2D eigenvalue weighted by atomic mass is 10.1. The van der Waals surface area contributed by atoms with Crippen molar-refractivity contribution in [3.8, 4) is 5.75 Å². The van der Waals surface area contributed by atoms with Gasteiger partial charge in [-0.2, -0.15) is 0 Å². The van der Waals surface area contributed by atoms with Crippen LogP contribution in [0.15, 0.2) is 18.2 Å². The Bertz CT molecular complexity index is 327. The van der Waals surface area contributed by atoms with Crippen LogP contribution >= 0.6 is 11.6 Å². The molecular formula is C10H12ClNO. The molecule has 2 nitrogen and oxygen atoms in total. The Hall–Kier alpha value is -0.730. The van der Waals surface area contributed by atoms with Gasteiger partial charge in [-0.1, -0.05) is 23.7 Å². The van der Waals surface area contributed by atoms with Crippen molar-refractivity contribution >= 4 is 11.6 Å². The van der Waals surface area contributed by atoms with Gasteiger partial charge in [-0.05, 0) is 36.4 Å². The second kappa shape index (κ2) is 3.20. The summed E-state index contributed by atoms with van der Waals surface area (Å²) in [5.41, 5.74) is 6.48. The Kier molecular flexibility index (Phi) is 2.18. The third-order valence-corrected chi connectivity index (χ3v) is 2.95. The van der Waals surface area contributed by atoms with Crippen molar-refractivity contribution in [1.29, 1.82) is 0 Å². The van der Waals surface area contributed by atoms with E-state index in [1.807, 2.05) is 12.1 Å². The number of rotatable bonds is 2. The number of hydrogen-bond acceptors (Lipinski definition) is 2. The Morgan fingerprint density at radius 3 is 2.92 bits per heavy atom. The summed E-state index contributed by atoms with van der Waals surface area (Å²) in [5.74, 6) is 1.18. The molecule has 0 bridgehead atoms. The van der Waals surface area contributed by atoms with Gasteiger partial charge in [-0.25, -0.2) is 0 Å². The highest BCUT2D eigenvalue weighted by atomic mass is 35.5. The van der Waals surface area contributed by atoms with Crippen molar-refractivity contribution in [3.63, 3.8) is 0 Å². The van der Waals surface area contributed by atoms with Gasteiger partial charge < -0.3 is 10.8 Å². The van der Waals surface area contributed by atoms with Gasteiger partial charge in [0.1, 0.15) is 5.75 Å². The number of benzene rings is 1. The predicted octanol–water partition coefficient (Wildman–Crippen LogP) is 2.11. The fraction of sp³-hybridized carbons (Fsp3) is 0.400. The molecule has 13 heavy (non-hydrogen) atoms. The maximum Gasteiger partial charge on any atom is 0.137 e. The molecule has 1 aliphatic rings. The number of hydrogen-bond donors (Lipinski definition) is 2. The van der Waals surface area contributed by atoms with Crippen LogP contribution in [0.5, 0.6) is 5.75 Å². The van der Waals surface area contributed by atoms with Gasteiger partial charge in [0, 0.05) is 0 Å². The molecule has 0 spiro atoms. The zero-order valence-electron chi connectivity index (χ0n) is 7.20. The second-order valence-electron chi connectivity index (χ2n) is 3.52. The molecular weight excluding hydrogens is 186 g/mol. The highest BCUT2D eigenvalue weighted by Gasteiger charge is 2.38. The summed E-state index contributed by atoms with van der Waals surface area (Å²) >= 11 is 5.80. The van der Waals surface area contributed by atoms with Crippen molar-refractivity contribution in [1.82, 2.24) is 0 Å². The van der Waals surface area contributed by atoms with Gasteiger partial charge in [0.2, 0.25) is 0 Å². The molecule has 2 unspecified atom stereocenters. The summed E-state index contributed by atoms with van der Waals surface area (Å²) in [5, 5.41) is 10.1. The van der Waals surface area contributed by atoms with Crippen molar-refractivity contribution in [2.24, 2.45) is 11.7 Å². The van der Waals surface area contributed by atoms with E-state index in [-0.39, 0.29) is 5.75 Å². The zero-order chi connectivity index (χ0) is 9.42. The minimum absolute atomic E-state index is 0.227. The normalized spacial score (nSPS) is 26.0. The van der Waals surface area contributed by atoms with Crippen molar-refractivity contribution in [2.75, 3.05) is 6.54 Å². The summed E-state index contributed by atoms with van der Waals surface area (Å²) < 4.78 is 0. The van der Waals surface area contributed by atoms with Crippen LogP contribution in [0.2, 0.25) is 5.02 Å². The molecule has 1 aromatic carbocycles. The highest BCUT2D eigenvalue weighted by molar-refractivity contribution is 6.32. The monoisotopic (exact) mass is 197 g/mol. The molecule has 1 fully saturated rings. The summed E-state index contributed by atoms with van der Waals surface area (Å²) in [6.45, 7) is 0.691. The molecule has 0 radical (unpaired) electrons. The van der Waals surface area contributed by atoms with E-state index < -0.39 is 0 Å². The fourth-order valence-electron chi connectivity index (χ4n) is 1.72. The van der Waals surface area contributed by atoms with Crippen LogP contribution in [0.25, 0.3) is 0 Å². The molecule has 0 heterocycles. The smallest absolute Gasteiger partial charge is 0.137 e. The first-order valence-corrected chi connectivity index (χ1v) is 4.79. The summed E-state index contributed by atoms with van der Waals surface area (Å²) in [7, 11) is 0. The Balaban J connectivity index is 2.27. The Morgan fingerprint density at radius 2 is 2.31 bits per heavy atom. The lowest BCUT2D eigenvalue weighted by Gasteiger charge is -2.04. The summed E-state index contributed by atoms with van der Waals surface area (Å²) in [6.07, 6.45) is 1.07. The maximum absolute atomic E-state index is 9.65. The Morgan fingerprint density at radius 1 is 1.54 bits per heavy atom. The second-order valence-corrected chi connectivity index (χ2v) is 3.92. The number of halogens is 1. The van der Waals surface area contributed by atoms with Crippen LogP contribution in [0.3, 0.4) is 0 Å². The van der Waals surface area contributed by atoms with Gasteiger partial charge >= 0.3 is 0 Å². The number of nitrogens with two attached hydrogens (primary N) is 1. The molecule has 70 valence electrons. The van der Waals surface area contributed by atoms with Gasteiger partial charge in [0.05, 0.1) is 5.02 Å². The largest absolute Gasteiger partial charge is 0.506 e. The highest BCUT2D eigenvalue weighted by Crippen LogP contribution is 2.50. The molecule has 0 saturated heterocycles. The van der Waals surface area contributed by atoms with Gasteiger partial charge in [0.15, 0.2) is 0 Å². The minimum atomic E-state index is 0.227. The van der Waals surface area contributed by atoms with Crippen molar-refractivity contribution in [2.45, 2.75) is 12.3 Å². The third kappa shape index (κ3) is 1.52. The van der Waals surface area contributed by atoms with E-state index in [9.17, 15) is 5.11 Å². The maximum atomic E-state index is 9.65. The molecule has 0 aliphatic heterocycles. The predicted molar refractivity (Wildman–Crippen MR) is 53.0 cm³/mol. The molecule has 0 aromatic heterocycles. The lowest BCUT2D eigenvalue weighted by molar-refractivity contribution is 0.467. The van der Waals surface area contributed by atoms with Crippen LogP contribution in [0, 0.1) is 5.92 Å². The van der Waals surface area contributed by atoms with E-state index in [2.05, 4.69) is 0 Å². The van der Waals surface area contributed by atoms with E-state index in [1.54, 1.807) is 6.07 Å². The molecule has 3 heteroatoms. The molecule has 1 aromatic rings. The fourth-order valence-corrected chi connectivity index (χ4v) is 1.90. The molecule has 3 N–H and O–H groups in total. The molecule has 1 saturated carbocycles. The van der Waals surface area contributed by atoms with Crippen molar-refractivity contribution < 1.29 is 5.11 Å². The minimum Gasteiger partial charge on any atom is -0.506 e. The number of para-hydroxylation sites is 1. The van der Waals surface area contributed by atoms with Gasteiger partial charge in [0.25, 0.3) is 0 Å². The van der Waals surface area contributed by atoms with E-state index in [4.69, 9.17) is 17.3 Å². The van der Waals surface area contributed by atoms with E-state index in [1.165, 1.54) is 0 Å². The van der Waals surface area contributed by atoms with Crippen LogP contribution in [-0.4, -0.2) is 11.7 Å². The van der Waals surface area contributed by atoms with Gasteiger partial charge in [-0.15, -0.1) is 0 Å². The van der Waals surface area contributed by atoms with E-state index in [0.29, 0.717) is 23.4 Å².